The minimum absolute atomic E-state index is 0.117. The highest BCUT2D eigenvalue weighted by molar-refractivity contribution is 6.02. The van der Waals surface area contributed by atoms with E-state index < -0.39 is 11.9 Å². The molecule has 0 aliphatic carbocycles. The van der Waals surface area contributed by atoms with Crippen LogP contribution in [0.25, 0.3) is 22.0 Å². The third-order valence-electron chi connectivity index (χ3n) is 4.34. The van der Waals surface area contributed by atoms with Crippen molar-refractivity contribution in [1.29, 1.82) is 0 Å². The molecule has 8 nitrogen and oxygen atoms in total. The molecule has 0 spiro atoms. The summed E-state index contributed by atoms with van der Waals surface area (Å²) in [5, 5.41) is 16.9. The van der Waals surface area contributed by atoms with Crippen LogP contribution in [0.3, 0.4) is 0 Å². The van der Waals surface area contributed by atoms with E-state index in [1.165, 1.54) is 4.68 Å². The molecule has 1 amide bonds. The molecule has 1 aliphatic heterocycles. The highest BCUT2D eigenvalue weighted by Gasteiger charge is 2.24. The van der Waals surface area contributed by atoms with Crippen LogP contribution in [-0.2, 0) is 16.6 Å². The van der Waals surface area contributed by atoms with Gasteiger partial charge in [0.2, 0.25) is 5.91 Å². The van der Waals surface area contributed by atoms with Gasteiger partial charge in [-0.05, 0) is 30.3 Å². The Kier molecular flexibility index (Phi) is 3.88. The molecule has 0 unspecified atom stereocenters. The van der Waals surface area contributed by atoms with Gasteiger partial charge in [-0.1, -0.05) is 6.07 Å². The number of fused-ring (bicyclic) bond motifs is 2. The number of aliphatic carboxylic acids is 1. The first kappa shape index (κ1) is 16.8. The second kappa shape index (κ2) is 6.24. The minimum atomic E-state index is -1.03. The van der Waals surface area contributed by atoms with Gasteiger partial charge in [0.05, 0.1) is 17.2 Å². The van der Waals surface area contributed by atoms with Crippen molar-refractivity contribution in [2.45, 2.75) is 12.8 Å². The summed E-state index contributed by atoms with van der Waals surface area (Å²) in [6, 6.07) is 10.3. The minimum Gasteiger partial charge on any atom is -0.481 e. The van der Waals surface area contributed by atoms with Crippen LogP contribution < -0.4 is 15.6 Å². The van der Waals surface area contributed by atoms with E-state index in [4.69, 9.17) is 9.84 Å². The Hall–Kier alpha value is -3.68. The van der Waals surface area contributed by atoms with E-state index in [9.17, 15) is 14.4 Å². The topological polar surface area (TPSA) is 111 Å². The van der Waals surface area contributed by atoms with Crippen LogP contribution in [0.15, 0.2) is 41.2 Å². The van der Waals surface area contributed by atoms with Crippen molar-refractivity contribution in [3.05, 3.63) is 46.8 Å². The van der Waals surface area contributed by atoms with Crippen LogP contribution >= 0.6 is 0 Å². The van der Waals surface area contributed by atoms with Gasteiger partial charge in [-0.2, -0.15) is 5.10 Å². The van der Waals surface area contributed by atoms with Gasteiger partial charge in [0.1, 0.15) is 17.2 Å². The number of hydrogen-bond acceptors (Lipinski definition) is 5. The molecule has 2 heterocycles. The number of anilines is 1. The number of carbonyl (C=O) groups excluding carboxylic acids is 1. The average Bonchev–Trinajstić information content (AvgIpc) is 2.64. The van der Waals surface area contributed by atoms with Gasteiger partial charge in [-0.25, -0.2) is 4.68 Å². The maximum absolute atomic E-state index is 12.4. The van der Waals surface area contributed by atoms with Crippen molar-refractivity contribution in [3.8, 4) is 22.8 Å². The quantitative estimate of drug-likeness (QED) is 0.575. The van der Waals surface area contributed by atoms with Crippen LogP contribution in [0, 0.1) is 0 Å². The SMILES string of the molecule is Cn1nc2c3c(cccc3c1=O)Oc1ccc(NC(=O)CCC(=O)O)cc1-2. The molecular formula is C19H15N3O5. The number of hydrogen-bond donors (Lipinski definition) is 2. The zero-order valence-electron chi connectivity index (χ0n) is 14.4. The van der Waals surface area contributed by atoms with Crippen molar-refractivity contribution < 1.29 is 19.4 Å². The van der Waals surface area contributed by atoms with Crippen LogP contribution in [0.4, 0.5) is 5.69 Å². The lowest BCUT2D eigenvalue weighted by Crippen LogP contribution is -2.21. The predicted molar refractivity (Wildman–Crippen MR) is 98.0 cm³/mol. The highest BCUT2D eigenvalue weighted by Crippen LogP contribution is 2.45. The van der Waals surface area contributed by atoms with Gasteiger partial charge in [0, 0.05) is 24.7 Å². The Labute approximate surface area is 153 Å². The van der Waals surface area contributed by atoms with E-state index >= 15 is 0 Å². The number of nitrogens with one attached hydrogen (secondary N) is 1. The molecule has 8 heteroatoms. The monoisotopic (exact) mass is 365 g/mol. The first-order valence-corrected chi connectivity index (χ1v) is 8.28. The third-order valence-corrected chi connectivity index (χ3v) is 4.34. The molecule has 0 bridgehead atoms. The van der Waals surface area contributed by atoms with Gasteiger partial charge in [-0.3, -0.25) is 14.4 Å². The number of amides is 1. The largest absolute Gasteiger partial charge is 0.481 e. The fraction of sp³-hybridized carbons (Fsp3) is 0.158. The molecule has 136 valence electrons. The fourth-order valence-corrected chi connectivity index (χ4v) is 3.09. The molecule has 2 aromatic carbocycles. The summed E-state index contributed by atoms with van der Waals surface area (Å²) in [7, 11) is 1.58. The lowest BCUT2D eigenvalue weighted by atomic mass is 10.00. The number of carboxylic acids is 1. The van der Waals surface area contributed by atoms with Crippen LogP contribution in [0.5, 0.6) is 11.5 Å². The summed E-state index contributed by atoms with van der Waals surface area (Å²) < 4.78 is 7.18. The van der Waals surface area contributed by atoms with Crippen LogP contribution in [0.1, 0.15) is 12.8 Å². The molecule has 0 saturated carbocycles. The predicted octanol–water partition coefficient (Wildman–Crippen LogP) is 2.51. The first-order chi connectivity index (χ1) is 12.9. The molecule has 27 heavy (non-hydrogen) atoms. The van der Waals surface area contributed by atoms with Gasteiger partial charge >= 0.3 is 5.97 Å². The Balaban J connectivity index is 1.78. The van der Waals surface area contributed by atoms with Crippen molar-refractivity contribution in [3.63, 3.8) is 0 Å². The molecule has 1 aromatic heterocycles. The summed E-state index contributed by atoms with van der Waals surface area (Å²) in [4.78, 5) is 34.9. The number of rotatable bonds is 4. The Bertz CT molecular complexity index is 1170. The first-order valence-electron chi connectivity index (χ1n) is 8.28. The normalized spacial score (nSPS) is 11.6. The molecule has 0 saturated heterocycles. The van der Waals surface area contributed by atoms with E-state index in [2.05, 4.69) is 10.4 Å². The Morgan fingerprint density at radius 3 is 2.78 bits per heavy atom. The van der Waals surface area contributed by atoms with E-state index in [1.807, 2.05) is 0 Å². The maximum atomic E-state index is 12.4. The second-order valence-corrected chi connectivity index (χ2v) is 6.21. The Morgan fingerprint density at radius 1 is 1.19 bits per heavy atom. The zero-order valence-corrected chi connectivity index (χ0v) is 14.4. The van der Waals surface area contributed by atoms with E-state index in [0.717, 1.165) is 0 Å². The second-order valence-electron chi connectivity index (χ2n) is 6.21. The Morgan fingerprint density at radius 2 is 2.00 bits per heavy atom. The van der Waals surface area contributed by atoms with Gasteiger partial charge in [0.25, 0.3) is 5.56 Å². The highest BCUT2D eigenvalue weighted by atomic mass is 16.5. The molecule has 0 atom stereocenters. The fourth-order valence-electron chi connectivity index (χ4n) is 3.09. The number of aryl methyl sites for hydroxylation is 1. The maximum Gasteiger partial charge on any atom is 0.303 e. The molecule has 4 rings (SSSR count). The number of carboxylic acid groups (broad SMARTS) is 1. The standard InChI is InChI=1S/C19H15N3O5/c1-22-19(26)11-3-2-4-14-17(11)18(21-22)12-9-10(5-6-13(12)27-14)20-15(23)7-8-16(24)25/h2-6,9H,7-8H2,1H3,(H,20,23)(H,24,25). The lowest BCUT2D eigenvalue weighted by molar-refractivity contribution is -0.138. The van der Waals surface area contributed by atoms with Gasteiger partial charge in [-0.15, -0.1) is 0 Å². The van der Waals surface area contributed by atoms with Crippen LogP contribution in [-0.4, -0.2) is 26.8 Å². The molecular weight excluding hydrogens is 350 g/mol. The number of carbonyl (C=O) groups is 2. The van der Waals surface area contributed by atoms with Crippen LogP contribution in [0.2, 0.25) is 0 Å². The average molecular weight is 365 g/mol. The van der Waals surface area contributed by atoms with Crippen molar-refractivity contribution >= 4 is 28.3 Å². The van der Waals surface area contributed by atoms with E-state index in [0.29, 0.717) is 39.2 Å². The summed E-state index contributed by atoms with van der Waals surface area (Å²) in [6.45, 7) is 0. The molecule has 2 N–H and O–H groups in total. The smallest absolute Gasteiger partial charge is 0.303 e. The summed E-state index contributed by atoms with van der Waals surface area (Å²) in [6.07, 6.45) is -0.357. The molecule has 0 fully saturated rings. The van der Waals surface area contributed by atoms with E-state index in [1.54, 1.807) is 43.4 Å². The number of aromatic nitrogens is 2. The molecule has 0 radical (unpaired) electrons. The van der Waals surface area contributed by atoms with Crippen molar-refractivity contribution in [2.75, 3.05) is 5.32 Å². The summed E-state index contributed by atoms with van der Waals surface area (Å²) >= 11 is 0. The number of benzene rings is 2. The van der Waals surface area contributed by atoms with Gasteiger partial charge < -0.3 is 15.2 Å². The molecule has 1 aliphatic rings. The molecule has 3 aromatic rings. The lowest BCUT2D eigenvalue weighted by Gasteiger charge is -2.21. The van der Waals surface area contributed by atoms with Gasteiger partial charge in [0.15, 0.2) is 0 Å². The summed E-state index contributed by atoms with van der Waals surface area (Å²) in [5.41, 5.74) is 1.51. The van der Waals surface area contributed by atoms with Crippen molar-refractivity contribution in [2.24, 2.45) is 7.05 Å². The van der Waals surface area contributed by atoms with E-state index in [-0.39, 0.29) is 18.4 Å². The number of nitrogens with zero attached hydrogens (tertiary/aromatic N) is 2. The van der Waals surface area contributed by atoms with Crippen molar-refractivity contribution in [1.82, 2.24) is 9.78 Å². The third kappa shape index (κ3) is 2.91. The number of ether oxygens (including phenoxy) is 1. The summed E-state index contributed by atoms with van der Waals surface area (Å²) in [5.74, 6) is -0.312. The zero-order chi connectivity index (χ0) is 19.1.